The van der Waals surface area contributed by atoms with E-state index in [1.165, 1.54) is 0 Å². The van der Waals surface area contributed by atoms with Gasteiger partial charge in [0.1, 0.15) is 0 Å². The fourth-order valence-electron chi connectivity index (χ4n) is 1.02. The molecule has 0 aliphatic heterocycles. The fraction of sp³-hybridized carbons (Fsp3) is 0.571. The third kappa shape index (κ3) is 3.95. The van der Waals surface area contributed by atoms with Crippen LogP contribution in [0.1, 0.15) is 18.2 Å². The molecule has 4 nitrogen and oxygen atoms in total. The summed E-state index contributed by atoms with van der Waals surface area (Å²) in [7, 11) is 1.80. The molecular weight excluding hydrogens is 213 g/mol. The smallest absolute Gasteiger partial charge is 0.0968 e. The van der Waals surface area contributed by atoms with Crippen LogP contribution in [-0.2, 0) is 7.05 Å². The van der Waals surface area contributed by atoms with E-state index in [0.29, 0.717) is 13.0 Å². The van der Waals surface area contributed by atoms with E-state index in [9.17, 15) is 5.11 Å². The fourth-order valence-corrected chi connectivity index (χ4v) is 1.02. The van der Waals surface area contributed by atoms with Crippen molar-refractivity contribution in [3.8, 4) is 0 Å². The van der Waals surface area contributed by atoms with Crippen molar-refractivity contribution in [2.75, 3.05) is 6.54 Å². The van der Waals surface area contributed by atoms with Gasteiger partial charge in [-0.25, -0.2) is 0 Å². The first-order valence-electron chi connectivity index (χ1n) is 3.61. The van der Waals surface area contributed by atoms with Gasteiger partial charge in [0, 0.05) is 13.2 Å². The Morgan fingerprint density at radius 1 is 1.62 bits per heavy atom. The molecule has 13 heavy (non-hydrogen) atoms. The second-order valence-electron chi connectivity index (χ2n) is 2.47. The summed E-state index contributed by atoms with van der Waals surface area (Å²) in [5.41, 5.74) is 6.11. The Morgan fingerprint density at radius 3 is 2.62 bits per heavy atom. The van der Waals surface area contributed by atoms with Crippen LogP contribution in [0.15, 0.2) is 12.3 Å². The third-order valence-corrected chi connectivity index (χ3v) is 1.64. The molecule has 1 atom stereocenters. The molecule has 0 spiro atoms. The Kier molecular flexibility index (Phi) is 8.35. The molecule has 1 aromatic heterocycles. The second-order valence-corrected chi connectivity index (χ2v) is 2.47. The number of aliphatic hydroxyl groups is 1. The predicted octanol–water partition coefficient (Wildman–Crippen LogP) is 0.646. The maximum Gasteiger partial charge on any atom is 0.0968 e. The first kappa shape index (κ1) is 15.2. The summed E-state index contributed by atoms with van der Waals surface area (Å²) in [5.74, 6) is 0. The van der Waals surface area contributed by atoms with Gasteiger partial charge in [0.2, 0.25) is 0 Å². The molecule has 1 unspecified atom stereocenters. The van der Waals surface area contributed by atoms with Crippen LogP contribution >= 0.6 is 24.8 Å². The number of nitrogens with two attached hydrogens (primary N) is 1. The summed E-state index contributed by atoms with van der Waals surface area (Å²) in [6.45, 7) is 0.492. The van der Waals surface area contributed by atoms with Crippen molar-refractivity contribution < 1.29 is 5.11 Å². The van der Waals surface area contributed by atoms with Gasteiger partial charge < -0.3 is 10.8 Å². The normalized spacial score (nSPS) is 11.3. The molecule has 0 amide bonds. The number of aryl methyl sites for hydroxylation is 1. The number of hydrogen-bond donors (Lipinski definition) is 2. The van der Waals surface area contributed by atoms with Crippen LogP contribution in [0, 0.1) is 0 Å². The minimum Gasteiger partial charge on any atom is -0.387 e. The molecule has 0 fully saturated rings. The highest BCUT2D eigenvalue weighted by atomic mass is 35.5. The van der Waals surface area contributed by atoms with Crippen molar-refractivity contribution in [2.45, 2.75) is 12.5 Å². The van der Waals surface area contributed by atoms with Gasteiger partial charge in [-0.1, -0.05) is 0 Å². The Bertz CT molecular complexity index is 229. The topological polar surface area (TPSA) is 64.1 Å². The van der Waals surface area contributed by atoms with Crippen LogP contribution < -0.4 is 5.73 Å². The third-order valence-electron chi connectivity index (χ3n) is 1.64. The van der Waals surface area contributed by atoms with Gasteiger partial charge in [-0.2, -0.15) is 5.10 Å². The van der Waals surface area contributed by atoms with E-state index in [1.54, 1.807) is 24.0 Å². The SMILES string of the molecule is Cl.Cl.Cn1nccc1C(O)CCN. The zero-order valence-electron chi connectivity index (χ0n) is 7.38. The lowest BCUT2D eigenvalue weighted by Crippen LogP contribution is -2.10. The van der Waals surface area contributed by atoms with E-state index in [1.807, 2.05) is 0 Å². The number of hydrogen-bond acceptors (Lipinski definition) is 3. The molecule has 0 aliphatic rings. The summed E-state index contributed by atoms with van der Waals surface area (Å²) >= 11 is 0. The van der Waals surface area contributed by atoms with Crippen molar-refractivity contribution in [3.05, 3.63) is 18.0 Å². The summed E-state index contributed by atoms with van der Waals surface area (Å²) in [6.07, 6.45) is 1.77. The van der Waals surface area contributed by atoms with Gasteiger partial charge in [0.05, 0.1) is 11.8 Å². The predicted molar refractivity (Wildman–Crippen MR) is 56.3 cm³/mol. The van der Waals surface area contributed by atoms with Crippen LogP contribution in [0.5, 0.6) is 0 Å². The van der Waals surface area contributed by atoms with Crippen molar-refractivity contribution in [3.63, 3.8) is 0 Å². The standard InChI is InChI=1S/C7H13N3O.2ClH/c1-10-6(3-5-9-10)7(11)2-4-8;;/h3,5,7,11H,2,4,8H2,1H3;2*1H. The average Bonchev–Trinajstić information content (AvgIpc) is 2.36. The van der Waals surface area contributed by atoms with Crippen LogP contribution in [0.25, 0.3) is 0 Å². The van der Waals surface area contributed by atoms with Crippen LogP contribution in [0.3, 0.4) is 0 Å². The highest BCUT2D eigenvalue weighted by Crippen LogP contribution is 2.13. The van der Waals surface area contributed by atoms with Gasteiger partial charge in [0.15, 0.2) is 0 Å². The first-order valence-corrected chi connectivity index (χ1v) is 3.61. The molecule has 0 aliphatic carbocycles. The maximum absolute atomic E-state index is 9.45. The first-order chi connectivity index (χ1) is 5.25. The Labute approximate surface area is 89.9 Å². The molecule has 0 saturated carbocycles. The molecular formula is C7H15Cl2N3O. The average molecular weight is 228 g/mol. The lowest BCUT2D eigenvalue weighted by molar-refractivity contribution is 0.160. The maximum atomic E-state index is 9.45. The Hall–Kier alpha value is -0.290. The second kappa shape index (κ2) is 7.15. The molecule has 1 aromatic rings. The highest BCUT2D eigenvalue weighted by molar-refractivity contribution is 5.85. The summed E-state index contributed by atoms with van der Waals surface area (Å²) in [5, 5.41) is 13.4. The number of aromatic nitrogens is 2. The minimum absolute atomic E-state index is 0. The summed E-state index contributed by atoms with van der Waals surface area (Å²) in [4.78, 5) is 0. The van der Waals surface area contributed by atoms with E-state index in [4.69, 9.17) is 5.73 Å². The van der Waals surface area contributed by atoms with Crippen molar-refractivity contribution in [2.24, 2.45) is 12.8 Å². The van der Waals surface area contributed by atoms with E-state index >= 15 is 0 Å². The summed E-state index contributed by atoms with van der Waals surface area (Å²) < 4.78 is 1.65. The van der Waals surface area contributed by atoms with Crippen molar-refractivity contribution in [1.29, 1.82) is 0 Å². The van der Waals surface area contributed by atoms with Gasteiger partial charge in [-0.3, -0.25) is 4.68 Å². The van der Waals surface area contributed by atoms with Crippen molar-refractivity contribution in [1.82, 2.24) is 9.78 Å². The molecule has 6 heteroatoms. The van der Waals surface area contributed by atoms with E-state index < -0.39 is 6.10 Å². The zero-order valence-corrected chi connectivity index (χ0v) is 9.01. The number of aliphatic hydroxyl groups excluding tert-OH is 1. The number of halogens is 2. The van der Waals surface area contributed by atoms with Gasteiger partial charge in [0.25, 0.3) is 0 Å². The molecule has 0 bridgehead atoms. The van der Waals surface area contributed by atoms with Crippen LogP contribution in [0.4, 0.5) is 0 Å². The van der Waals surface area contributed by atoms with E-state index in [2.05, 4.69) is 5.10 Å². The summed E-state index contributed by atoms with van der Waals surface area (Å²) in [6, 6.07) is 1.79. The molecule has 78 valence electrons. The molecule has 1 rings (SSSR count). The van der Waals surface area contributed by atoms with Gasteiger partial charge in [-0.05, 0) is 19.0 Å². The lowest BCUT2D eigenvalue weighted by Gasteiger charge is -2.08. The quantitative estimate of drug-likeness (QED) is 0.798. The van der Waals surface area contributed by atoms with Crippen LogP contribution in [0.2, 0.25) is 0 Å². The number of rotatable bonds is 3. The molecule has 1 heterocycles. The molecule has 0 aromatic carbocycles. The van der Waals surface area contributed by atoms with Crippen molar-refractivity contribution >= 4 is 24.8 Å². The monoisotopic (exact) mass is 227 g/mol. The zero-order chi connectivity index (χ0) is 8.27. The van der Waals surface area contributed by atoms with Gasteiger partial charge in [-0.15, -0.1) is 24.8 Å². The largest absolute Gasteiger partial charge is 0.387 e. The Morgan fingerprint density at radius 2 is 2.23 bits per heavy atom. The molecule has 3 N–H and O–H groups in total. The lowest BCUT2D eigenvalue weighted by atomic mass is 10.2. The number of nitrogens with zero attached hydrogens (tertiary/aromatic N) is 2. The van der Waals surface area contributed by atoms with E-state index in [-0.39, 0.29) is 24.8 Å². The van der Waals surface area contributed by atoms with Crippen LogP contribution in [-0.4, -0.2) is 21.4 Å². The molecule has 0 saturated heterocycles. The highest BCUT2D eigenvalue weighted by Gasteiger charge is 2.08. The molecule has 0 radical (unpaired) electrons. The van der Waals surface area contributed by atoms with Gasteiger partial charge >= 0.3 is 0 Å². The Balaban J connectivity index is 0. The minimum atomic E-state index is -0.479. The van der Waals surface area contributed by atoms with E-state index in [0.717, 1.165) is 5.69 Å².